The van der Waals surface area contributed by atoms with Crippen molar-refractivity contribution in [2.24, 2.45) is 5.84 Å². The van der Waals surface area contributed by atoms with Crippen LogP contribution >= 0.6 is 11.8 Å². The predicted octanol–water partition coefficient (Wildman–Crippen LogP) is 3.44. The number of aryl methyl sites for hydroxylation is 1. The van der Waals surface area contributed by atoms with Crippen LogP contribution in [-0.4, -0.2) is 11.8 Å². The summed E-state index contributed by atoms with van der Waals surface area (Å²) < 4.78 is 25.9. The van der Waals surface area contributed by atoms with Gasteiger partial charge in [-0.15, -0.1) is 11.8 Å². The van der Waals surface area contributed by atoms with Crippen LogP contribution in [0.2, 0.25) is 0 Å². The zero-order valence-corrected chi connectivity index (χ0v) is 12.6. The normalized spacial score (nSPS) is 12.4. The number of rotatable bonds is 6. The summed E-state index contributed by atoms with van der Waals surface area (Å²) in [5, 5.41) is 0. The van der Waals surface area contributed by atoms with E-state index >= 15 is 0 Å². The number of hydrazine groups is 1. The highest BCUT2D eigenvalue weighted by molar-refractivity contribution is 7.99. The molecule has 0 aliphatic carbocycles. The maximum Gasteiger partial charge on any atom is 0.123 e. The second-order valence-corrected chi connectivity index (χ2v) is 6.00. The SMILES string of the molecule is Cc1cc(F)ccc1CC(CSc1ccc(F)cc1)NN. The lowest BCUT2D eigenvalue weighted by Crippen LogP contribution is -2.38. The van der Waals surface area contributed by atoms with Crippen LogP contribution in [0.5, 0.6) is 0 Å². The quantitative estimate of drug-likeness (QED) is 0.488. The minimum Gasteiger partial charge on any atom is -0.271 e. The Balaban J connectivity index is 1.95. The molecule has 5 heteroatoms. The van der Waals surface area contributed by atoms with E-state index in [1.165, 1.54) is 24.3 Å². The predicted molar refractivity (Wildman–Crippen MR) is 83.1 cm³/mol. The molecule has 2 rings (SSSR count). The molecule has 0 heterocycles. The fourth-order valence-electron chi connectivity index (χ4n) is 2.05. The van der Waals surface area contributed by atoms with Gasteiger partial charge in [0.1, 0.15) is 11.6 Å². The van der Waals surface area contributed by atoms with E-state index < -0.39 is 0 Å². The van der Waals surface area contributed by atoms with Gasteiger partial charge in [-0.1, -0.05) is 6.07 Å². The van der Waals surface area contributed by atoms with Crippen LogP contribution < -0.4 is 11.3 Å². The number of hydrogen-bond donors (Lipinski definition) is 2. The van der Waals surface area contributed by atoms with Crippen LogP contribution in [0.3, 0.4) is 0 Å². The average Bonchev–Trinajstić information content (AvgIpc) is 2.47. The highest BCUT2D eigenvalue weighted by atomic mass is 32.2. The van der Waals surface area contributed by atoms with Crippen LogP contribution in [0, 0.1) is 18.6 Å². The van der Waals surface area contributed by atoms with Gasteiger partial charge in [0.15, 0.2) is 0 Å². The molecule has 1 unspecified atom stereocenters. The van der Waals surface area contributed by atoms with Crippen molar-refractivity contribution >= 4 is 11.8 Å². The smallest absolute Gasteiger partial charge is 0.123 e. The van der Waals surface area contributed by atoms with E-state index in [2.05, 4.69) is 5.43 Å². The minimum atomic E-state index is -0.241. The molecule has 3 N–H and O–H groups in total. The van der Waals surface area contributed by atoms with Crippen molar-refractivity contribution in [3.63, 3.8) is 0 Å². The first-order chi connectivity index (χ1) is 10.1. The van der Waals surface area contributed by atoms with Gasteiger partial charge in [-0.2, -0.15) is 0 Å². The van der Waals surface area contributed by atoms with Gasteiger partial charge in [0, 0.05) is 16.7 Å². The number of benzene rings is 2. The Labute approximate surface area is 127 Å². The Morgan fingerprint density at radius 1 is 1.10 bits per heavy atom. The van der Waals surface area contributed by atoms with Crippen molar-refractivity contribution in [1.82, 2.24) is 5.43 Å². The standard InChI is InChI=1S/C16H18F2N2S/c1-11-8-14(18)3-2-12(11)9-15(20-19)10-21-16-6-4-13(17)5-7-16/h2-8,15,20H,9-10,19H2,1H3. The Morgan fingerprint density at radius 3 is 2.38 bits per heavy atom. The Hall–Kier alpha value is -1.43. The molecule has 0 aliphatic heterocycles. The molecule has 0 amide bonds. The zero-order valence-electron chi connectivity index (χ0n) is 11.8. The van der Waals surface area contributed by atoms with Crippen LogP contribution in [0.15, 0.2) is 47.4 Å². The van der Waals surface area contributed by atoms with Gasteiger partial charge in [0.2, 0.25) is 0 Å². The molecule has 1 atom stereocenters. The third-order valence-corrected chi connectivity index (χ3v) is 4.45. The Morgan fingerprint density at radius 2 is 1.76 bits per heavy atom. The maximum atomic E-state index is 13.1. The number of thioether (sulfide) groups is 1. The molecule has 0 fully saturated rings. The first-order valence-electron chi connectivity index (χ1n) is 6.68. The van der Waals surface area contributed by atoms with E-state index in [1.54, 1.807) is 30.0 Å². The van der Waals surface area contributed by atoms with Gasteiger partial charge in [0.25, 0.3) is 0 Å². The van der Waals surface area contributed by atoms with Crippen LogP contribution in [-0.2, 0) is 6.42 Å². The average molecular weight is 308 g/mol. The second-order valence-electron chi connectivity index (χ2n) is 4.90. The highest BCUT2D eigenvalue weighted by Gasteiger charge is 2.11. The van der Waals surface area contributed by atoms with Gasteiger partial charge < -0.3 is 0 Å². The maximum absolute atomic E-state index is 13.1. The number of hydrogen-bond acceptors (Lipinski definition) is 3. The van der Waals surface area contributed by atoms with E-state index in [0.717, 1.165) is 28.2 Å². The Kier molecular flexibility index (Phi) is 5.73. The van der Waals surface area contributed by atoms with E-state index in [9.17, 15) is 8.78 Å². The van der Waals surface area contributed by atoms with Crippen molar-refractivity contribution in [2.75, 3.05) is 5.75 Å². The monoisotopic (exact) mass is 308 g/mol. The summed E-state index contributed by atoms with van der Waals surface area (Å²) in [4.78, 5) is 0.993. The largest absolute Gasteiger partial charge is 0.271 e. The molecule has 2 aromatic rings. The lowest BCUT2D eigenvalue weighted by atomic mass is 10.0. The molecule has 0 aliphatic rings. The summed E-state index contributed by atoms with van der Waals surface area (Å²) in [5.74, 6) is 5.87. The highest BCUT2D eigenvalue weighted by Crippen LogP contribution is 2.21. The lowest BCUT2D eigenvalue weighted by Gasteiger charge is -2.17. The summed E-state index contributed by atoms with van der Waals surface area (Å²) in [6, 6.07) is 11.2. The first-order valence-corrected chi connectivity index (χ1v) is 7.66. The third-order valence-electron chi connectivity index (χ3n) is 3.27. The molecule has 112 valence electrons. The van der Waals surface area contributed by atoms with Gasteiger partial charge in [-0.3, -0.25) is 11.3 Å². The fourth-order valence-corrected chi connectivity index (χ4v) is 2.98. The van der Waals surface area contributed by atoms with Gasteiger partial charge in [0.05, 0.1) is 0 Å². The summed E-state index contributed by atoms with van der Waals surface area (Å²) >= 11 is 1.61. The van der Waals surface area contributed by atoms with Crippen LogP contribution in [0.25, 0.3) is 0 Å². The molecule has 0 spiro atoms. The molecular weight excluding hydrogens is 290 g/mol. The third kappa shape index (κ3) is 4.81. The summed E-state index contributed by atoms with van der Waals surface area (Å²) in [6.07, 6.45) is 0.719. The van der Waals surface area contributed by atoms with Crippen molar-refractivity contribution in [3.8, 4) is 0 Å². The summed E-state index contributed by atoms with van der Waals surface area (Å²) in [7, 11) is 0. The first kappa shape index (κ1) is 15.9. The zero-order chi connectivity index (χ0) is 15.2. The molecule has 0 radical (unpaired) electrons. The Bertz CT molecular complexity index is 587. The molecule has 2 nitrogen and oxygen atoms in total. The van der Waals surface area contributed by atoms with Gasteiger partial charge in [-0.25, -0.2) is 8.78 Å². The van der Waals surface area contributed by atoms with E-state index in [-0.39, 0.29) is 17.7 Å². The van der Waals surface area contributed by atoms with Crippen molar-refractivity contribution in [3.05, 3.63) is 65.2 Å². The molecule has 0 aromatic heterocycles. The van der Waals surface area contributed by atoms with Crippen LogP contribution in [0.1, 0.15) is 11.1 Å². The lowest BCUT2D eigenvalue weighted by molar-refractivity contribution is 0.572. The van der Waals surface area contributed by atoms with Crippen molar-refractivity contribution in [1.29, 1.82) is 0 Å². The fraction of sp³-hybridized carbons (Fsp3) is 0.250. The molecule has 0 saturated heterocycles. The molecule has 2 aromatic carbocycles. The molecule has 0 saturated carbocycles. The van der Waals surface area contributed by atoms with E-state index in [4.69, 9.17) is 5.84 Å². The van der Waals surface area contributed by atoms with E-state index in [1.807, 2.05) is 6.92 Å². The second kappa shape index (κ2) is 7.54. The molecule has 0 bridgehead atoms. The summed E-state index contributed by atoms with van der Waals surface area (Å²) in [6.45, 7) is 1.89. The van der Waals surface area contributed by atoms with Gasteiger partial charge >= 0.3 is 0 Å². The number of nitrogens with one attached hydrogen (secondary N) is 1. The minimum absolute atomic E-state index is 0.0595. The molecule has 21 heavy (non-hydrogen) atoms. The van der Waals surface area contributed by atoms with E-state index in [0.29, 0.717) is 0 Å². The number of halogens is 2. The van der Waals surface area contributed by atoms with Crippen molar-refractivity contribution in [2.45, 2.75) is 24.3 Å². The number of nitrogens with two attached hydrogens (primary N) is 1. The van der Waals surface area contributed by atoms with Crippen LogP contribution in [0.4, 0.5) is 8.78 Å². The van der Waals surface area contributed by atoms with Gasteiger partial charge in [-0.05, 0) is 60.9 Å². The topological polar surface area (TPSA) is 38.0 Å². The molecular formula is C16H18F2N2S. The van der Waals surface area contributed by atoms with Crippen molar-refractivity contribution < 1.29 is 8.78 Å². The summed E-state index contributed by atoms with van der Waals surface area (Å²) in [5.41, 5.74) is 4.77.